The number of nitrogens with zero attached hydrogens (tertiary/aromatic N) is 4. The topological polar surface area (TPSA) is 58.3 Å². The lowest BCUT2D eigenvalue weighted by molar-refractivity contribution is 0.372. The minimum absolute atomic E-state index is 0.372. The standard InChI is InChI=1S/C11H21N5/c1-5-16(9(2)7-15(3)4)11-10(12)6-13-8-14-11/h6,8-9H,5,7,12H2,1-4H3. The summed E-state index contributed by atoms with van der Waals surface area (Å²) in [4.78, 5) is 12.5. The average molecular weight is 223 g/mol. The van der Waals surface area contributed by atoms with E-state index in [2.05, 4.69) is 47.7 Å². The molecule has 1 aromatic rings. The van der Waals surface area contributed by atoms with Crippen LogP contribution in [0, 0.1) is 0 Å². The van der Waals surface area contributed by atoms with Gasteiger partial charge in [-0.15, -0.1) is 0 Å². The van der Waals surface area contributed by atoms with Crippen LogP contribution in [0.25, 0.3) is 0 Å². The van der Waals surface area contributed by atoms with Gasteiger partial charge in [0.2, 0.25) is 0 Å². The van der Waals surface area contributed by atoms with E-state index in [0.29, 0.717) is 11.7 Å². The molecule has 0 aliphatic heterocycles. The summed E-state index contributed by atoms with van der Waals surface area (Å²) in [5.41, 5.74) is 6.52. The van der Waals surface area contributed by atoms with Crippen LogP contribution in [-0.2, 0) is 0 Å². The van der Waals surface area contributed by atoms with Gasteiger partial charge in [-0.1, -0.05) is 0 Å². The summed E-state index contributed by atoms with van der Waals surface area (Å²) >= 11 is 0. The minimum Gasteiger partial charge on any atom is -0.394 e. The lowest BCUT2D eigenvalue weighted by Crippen LogP contribution is -2.40. The Bertz CT molecular complexity index is 326. The number of likely N-dealkylation sites (N-methyl/N-ethyl adjacent to an activating group) is 2. The Morgan fingerprint density at radius 2 is 2.12 bits per heavy atom. The van der Waals surface area contributed by atoms with Crippen molar-refractivity contribution in [1.82, 2.24) is 14.9 Å². The van der Waals surface area contributed by atoms with Crippen molar-refractivity contribution in [2.24, 2.45) is 0 Å². The van der Waals surface area contributed by atoms with Crippen LogP contribution in [-0.4, -0.2) is 48.1 Å². The Kier molecular flexibility index (Phi) is 4.49. The molecule has 0 spiro atoms. The van der Waals surface area contributed by atoms with Gasteiger partial charge in [0.1, 0.15) is 6.33 Å². The van der Waals surface area contributed by atoms with Crippen LogP contribution in [0.3, 0.4) is 0 Å². The molecule has 0 saturated heterocycles. The number of rotatable bonds is 5. The zero-order chi connectivity index (χ0) is 12.1. The predicted octanol–water partition coefficient (Wildman–Crippen LogP) is 0.835. The van der Waals surface area contributed by atoms with Gasteiger partial charge in [-0.05, 0) is 27.9 Å². The maximum absolute atomic E-state index is 5.89. The van der Waals surface area contributed by atoms with Crippen LogP contribution in [0.4, 0.5) is 11.5 Å². The summed E-state index contributed by atoms with van der Waals surface area (Å²) in [5, 5.41) is 0. The fourth-order valence-electron chi connectivity index (χ4n) is 1.87. The van der Waals surface area contributed by atoms with Crippen molar-refractivity contribution in [2.45, 2.75) is 19.9 Å². The van der Waals surface area contributed by atoms with Gasteiger partial charge in [-0.2, -0.15) is 0 Å². The van der Waals surface area contributed by atoms with Gasteiger partial charge in [0.15, 0.2) is 5.82 Å². The third-order valence-electron chi connectivity index (χ3n) is 2.49. The summed E-state index contributed by atoms with van der Waals surface area (Å²) in [5.74, 6) is 0.826. The first-order chi connectivity index (χ1) is 7.56. The molecule has 0 bridgehead atoms. The van der Waals surface area contributed by atoms with Gasteiger partial charge in [0, 0.05) is 19.1 Å². The highest BCUT2D eigenvalue weighted by Crippen LogP contribution is 2.20. The maximum atomic E-state index is 5.89. The van der Waals surface area contributed by atoms with E-state index in [-0.39, 0.29) is 0 Å². The fourth-order valence-corrected chi connectivity index (χ4v) is 1.87. The average Bonchev–Trinajstić information content (AvgIpc) is 2.20. The molecule has 1 rings (SSSR count). The number of anilines is 2. The molecule has 0 radical (unpaired) electrons. The van der Waals surface area contributed by atoms with E-state index < -0.39 is 0 Å². The van der Waals surface area contributed by atoms with Gasteiger partial charge < -0.3 is 15.5 Å². The molecule has 5 nitrogen and oxygen atoms in total. The van der Waals surface area contributed by atoms with Crippen LogP contribution in [0.5, 0.6) is 0 Å². The second kappa shape index (κ2) is 5.65. The molecule has 0 aliphatic rings. The van der Waals surface area contributed by atoms with Crippen LogP contribution >= 0.6 is 0 Å². The van der Waals surface area contributed by atoms with E-state index >= 15 is 0 Å². The Balaban J connectivity index is 2.86. The van der Waals surface area contributed by atoms with Crippen molar-refractivity contribution in [3.8, 4) is 0 Å². The zero-order valence-corrected chi connectivity index (χ0v) is 10.5. The fraction of sp³-hybridized carbons (Fsp3) is 0.636. The lowest BCUT2D eigenvalue weighted by Gasteiger charge is -2.31. The number of hydrogen-bond donors (Lipinski definition) is 1. The first kappa shape index (κ1) is 12.7. The van der Waals surface area contributed by atoms with Crippen LogP contribution in [0.1, 0.15) is 13.8 Å². The van der Waals surface area contributed by atoms with E-state index in [1.165, 1.54) is 6.33 Å². The number of hydrogen-bond acceptors (Lipinski definition) is 5. The quantitative estimate of drug-likeness (QED) is 0.801. The van der Waals surface area contributed by atoms with E-state index in [4.69, 9.17) is 5.73 Å². The van der Waals surface area contributed by atoms with Crippen molar-refractivity contribution >= 4 is 11.5 Å². The van der Waals surface area contributed by atoms with Gasteiger partial charge in [-0.25, -0.2) is 9.97 Å². The van der Waals surface area contributed by atoms with Crippen LogP contribution < -0.4 is 10.6 Å². The van der Waals surface area contributed by atoms with E-state index in [9.17, 15) is 0 Å². The number of nitrogens with two attached hydrogens (primary N) is 1. The third kappa shape index (κ3) is 3.06. The highest BCUT2D eigenvalue weighted by molar-refractivity contribution is 5.61. The maximum Gasteiger partial charge on any atom is 0.155 e. The summed E-state index contributed by atoms with van der Waals surface area (Å²) in [6, 6.07) is 0.372. The molecule has 0 saturated carbocycles. The summed E-state index contributed by atoms with van der Waals surface area (Å²) in [6.45, 7) is 6.13. The van der Waals surface area contributed by atoms with Crippen molar-refractivity contribution < 1.29 is 0 Å². The molecular weight excluding hydrogens is 202 g/mol. The molecule has 5 heteroatoms. The van der Waals surface area contributed by atoms with Gasteiger partial charge >= 0.3 is 0 Å². The molecule has 1 aromatic heterocycles. The third-order valence-corrected chi connectivity index (χ3v) is 2.49. The molecule has 2 N–H and O–H groups in total. The predicted molar refractivity (Wildman–Crippen MR) is 67.5 cm³/mol. The molecular formula is C11H21N5. The normalized spacial score (nSPS) is 12.8. The van der Waals surface area contributed by atoms with Crippen LogP contribution in [0.2, 0.25) is 0 Å². The molecule has 90 valence electrons. The van der Waals surface area contributed by atoms with Crippen LogP contribution in [0.15, 0.2) is 12.5 Å². The Hall–Kier alpha value is -1.36. The van der Waals surface area contributed by atoms with Gasteiger partial charge in [0.25, 0.3) is 0 Å². The van der Waals surface area contributed by atoms with Crippen molar-refractivity contribution in [3.05, 3.63) is 12.5 Å². The summed E-state index contributed by atoms with van der Waals surface area (Å²) < 4.78 is 0. The SMILES string of the molecule is CCN(c1ncncc1N)C(C)CN(C)C. The lowest BCUT2D eigenvalue weighted by atomic mass is 10.2. The minimum atomic E-state index is 0.372. The molecule has 1 unspecified atom stereocenters. The highest BCUT2D eigenvalue weighted by atomic mass is 15.2. The Labute approximate surface area is 97.3 Å². The zero-order valence-electron chi connectivity index (χ0n) is 10.5. The van der Waals surface area contributed by atoms with Crippen molar-refractivity contribution in [1.29, 1.82) is 0 Å². The molecule has 16 heavy (non-hydrogen) atoms. The van der Waals surface area contributed by atoms with Crippen molar-refractivity contribution in [2.75, 3.05) is 37.8 Å². The number of nitrogen functional groups attached to an aromatic ring is 1. The second-order valence-corrected chi connectivity index (χ2v) is 4.20. The van der Waals surface area contributed by atoms with Gasteiger partial charge in [-0.3, -0.25) is 0 Å². The first-order valence-corrected chi connectivity index (χ1v) is 5.53. The molecule has 1 heterocycles. The smallest absolute Gasteiger partial charge is 0.155 e. The van der Waals surface area contributed by atoms with E-state index in [1.807, 2.05) is 0 Å². The molecule has 0 aromatic carbocycles. The van der Waals surface area contributed by atoms with E-state index in [0.717, 1.165) is 18.9 Å². The van der Waals surface area contributed by atoms with Crippen molar-refractivity contribution in [3.63, 3.8) is 0 Å². The Morgan fingerprint density at radius 1 is 1.44 bits per heavy atom. The largest absolute Gasteiger partial charge is 0.394 e. The van der Waals surface area contributed by atoms with E-state index in [1.54, 1.807) is 6.20 Å². The summed E-state index contributed by atoms with van der Waals surface area (Å²) in [7, 11) is 4.13. The van der Waals surface area contributed by atoms with Gasteiger partial charge in [0.05, 0.1) is 11.9 Å². The Morgan fingerprint density at radius 3 is 2.62 bits per heavy atom. The highest BCUT2D eigenvalue weighted by Gasteiger charge is 2.16. The summed E-state index contributed by atoms with van der Waals surface area (Å²) in [6.07, 6.45) is 3.18. The first-order valence-electron chi connectivity index (χ1n) is 5.53. The monoisotopic (exact) mass is 223 g/mol. The molecule has 0 amide bonds. The number of aromatic nitrogens is 2. The second-order valence-electron chi connectivity index (χ2n) is 4.20. The molecule has 1 atom stereocenters. The molecule has 0 fully saturated rings. The molecule has 0 aliphatic carbocycles.